The van der Waals surface area contributed by atoms with Crippen molar-refractivity contribution in [2.75, 3.05) is 6.54 Å². The first-order valence-electron chi connectivity index (χ1n) is 6.49. The molecule has 2 aliphatic rings. The van der Waals surface area contributed by atoms with Gasteiger partial charge >= 0.3 is 0 Å². The van der Waals surface area contributed by atoms with Crippen LogP contribution in [-0.2, 0) is 19.4 Å². The van der Waals surface area contributed by atoms with E-state index in [1.165, 1.54) is 55.8 Å². The van der Waals surface area contributed by atoms with Gasteiger partial charge in [0.15, 0.2) is 0 Å². The van der Waals surface area contributed by atoms with E-state index in [-0.39, 0.29) is 0 Å². The van der Waals surface area contributed by atoms with Gasteiger partial charge in [-0.25, -0.2) is 4.98 Å². The van der Waals surface area contributed by atoms with Crippen LogP contribution < -0.4 is 5.32 Å². The van der Waals surface area contributed by atoms with Crippen molar-refractivity contribution in [1.82, 2.24) is 10.3 Å². The summed E-state index contributed by atoms with van der Waals surface area (Å²) in [5.74, 6) is 0. The number of fused-ring (bicyclic) bond motifs is 1. The number of rotatable bonds is 5. The zero-order valence-electron chi connectivity index (χ0n) is 10.0. The number of hydrogen-bond acceptors (Lipinski definition) is 3. The minimum atomic E-state index is 0.653. The van der Waals surface area contributed by atoms with Crippen LogP contribution in [0.1, 0.15) is 48.2 Å². The molecule has 0 aromatic carbocycles. The maximum Gasteiger partial charge on any atom is 0.107 e. The number of hydrogen-bond donors (Lipinski definition) is 1. The Morgan fingerprint density at radius 3 is 2.94 bits per heavy atom. The Morgan fingerprint density at radius 2 is 2.25 bits per heavy atom. The Balaban J connectivity index is 1.51. The lowest BCUT2D eigenvalue weighted by molar-refractivity contribution is 0.443. The lowest BCUT2D eigenvalue weighted by Crippen LogP contribution is -2.23. The minimum Gasteiger partial charge on any atom is -0.310 e. The highest BCUT2D eigenvalue weighted by molar-refractivity contribution is 7.11. The summed E-state index contributed by atoms with van der Waals surface area (Å²) >= 11 is 1.93. The largest absolute Gasteiger partial charge is 0.310 e. The van der Waals surface area contributed by atoms with E-state index >= 15 is 0 Å². The van der Waals surface area contributed by atoms with Crippen LogP contribution in [-0.4, -0.2) is 11.5 Å². The highest BCUT2D eigenvalue weighted by Gasteiger charge is 2.39. The Kier molecular flexibility index (Phi) is 2.76. The maximum atomic E-state index is 4.71. The van der Waals surface area contributed by atoms with Crippen LogP contribution in [0.4, 0.5) is 0 Å². The van der Waals surface area contributed by atoms with E-state index in [0.717, 1.165) is 6.54 Å². The summed E-state index contributed by atoms with van der Waals surface area (Å²) in [6.45, 7) is 4.49. The topological polar surface area (TPSA) is 24.9 Å². The number of nitrogens with one attached hydrogen (secondary N) is 1. The predicted octanol–water partition coefficient (Wildman–Crippen LogP) is 2.91. The molecule has 1 saturated carbocycles. The van der Waals surface area contributed by atoms with E-state index in [0.29, 0.717) is 5.41 Å². The van der Waals surface area contributed by atoms with E-state index in [1.807, 2.05) is 11.3 Å². The number of nitrogens with zero attached hydrogens (tertiary/aromatic N) is 1. The molecule has 88 valence electrons. The van der Waals surface area contributed by atoms with Gasteiger partial charge < -0.3 is 5.32 Å². The minimum absolute atomic E-state index is 0.653. The van der Waals surface area contributed by atoms with Gasteiger partial charge in [0.1, 0.15) is 5.01 Å². The third-order valence-corrected chi connectivity index (χ3v) is 5.28. The van der Waals surface area contributed by atoms with Crippen molar-refractivity contribution in [2.45, 2.75) is 52.0 Å². The van der Waals surface area contributed by atoms with Crippen molar-refractivity contribution in [2.24, 2.45) is 5.41 Å². The molecule has 0 atom stereocenters. The Morgan fingerprint density at radius 1 is 1.38 bits per heavy atom. The van der Waals surface area contributed by atoms with Crippen LogP contribution in [0.2, 0.25) is 0 Å². The van der Waals surface area contributed by atoms with Gasteiger partial charge in [-0.2, -0.15) is 0 Å². The fourth-order valence-electron chi connectivity index (χ4n) is 2.59. The second kappa shape index (κ2) is 4.11. The molecule has 1 N–H and O–H groups in total. The molecule has 2 nitrogen and oxygen atoms in total. The molecule has 0 bridgehead atoms. The fourth-order valence-corrected chi connectivity index (χ4v) is 3.71. The van der Waals surface area contributed by atoms with E-state index in [4.69, 9.17) is 4.98 Å². The van der Waals surface area contributed by atoms with Crippen LogP contribution >= 0.6 is 11.3 Å². The zero-order chi connectivity index (χ0) is 11.0. The molecular formula is C13H20N2S. The molecule has 0 saturated heterocycles. The molecular weight excluding hydrogens is 216 g/mol. The van der Waals surface area contributed by atoms with Gasteiger partial charge in [0.25, 0.3) is 0 Å². The average molecular weight is 236 g/mol. The molecule has 0 aliphatic heterocycles. The van der Waals surface area contributed by atoms with Crippen LogP contribution in [0.3, 0.4) is 0 Å². The molecule has 0 unspecified atom stereocenters. The van der Waals surface area contributed by atoms with Gasteiger partial charge in [-0.15, -0.1) is 11.3 Å². The predicted molar refractivity (Wildman–Crippen MR) is 67.8 cm³/mol. The second-order valence-electron chi connectivity index (χ2n) is 5.29. The quantitative estimate of drug-likeness (QED) is 0.850. The number of aromatic nitrogens is 1. The van der Waals surface area contributed by atoms with E-state index in [9.17, 15) is 0 Å². The van der Waals surface area contributed by atoms with Crippen LogP contribution in [0.5, 0.6) is 0 Å². The smallest absolute Gasteiger partial charge is 0.107 e. The summed E-state index contributed by atoms with van der Waals surface area (Å²) in [4.78, 5) is 6.26. The Bertz CT molecular complexity index is 358. The monoisotopic (exact) mass is 236 g/mol. The lowest BCUT2D eigenvalue weighted by atomic mass is 10.0. The van der Waals surface area contributed by atoms with E-state index in [1.54, 1.807) is 4.88 Å². The van der Waals surface area contributed by atoms with Gasteiger partial charge in [-0.05, 0) is 43.9 Å². The van der Waals surface area contributed by atoms with Gasteiger partial charge in [0, 0.05) is 18.0 Å². The molecule has 3 rings (SSSR count). The first-order chi connectivity index (χ1) is 7.81. The highest BCUT2D eigenvalue weighted by Crippen LogP contribution is 2.47. The van der Waals surface area contributed by atoms with Gasteiger partial charge in [0.2, 0.25) is 0 Å². The van der Waals surface area contributed by atoms with Crippen molar-refractivity contribution >= 4 is 11.3 Å². The maximum absolute atomic E-state index is 4.71. The molecule has 3 heteroatoms. The number of aryl methyl sites for hydroxylation is 2. The molecule has 1 aromatic heterocycles. The lowest BCUT2D eigenvalue weighted by Gasteiger charge is -2.12. The van der Waals surface area contributed by atoms with Crippen molar-refractivity contribution in [3.8, 4) is 0 Å². The van der Waals surface area contributed by atoms with Crippen molar-refractivity contribution in [3.63, 3.8) is 0 Å². The standard InChI is InChI=1S/C13H20N2S/c1-2-13(6-7-13)9-14-8-12-15-10-4-3-5-11(10)16-12/h14H,2-9H2,1H3. The molecule has 1 heterocycles. The molecule has 1 fully saturated rings. The van der Waals surface area contributed by atoms with Gasteiger partial charge in [-0.3, -0.25) is 0 Å². The van der Waals surface area contributed by atoms with Crippen LogP contribution in [0, 0.1) is 5.41 Å². The first kappa shape index (κ1) is 10.7. The van der Waals surface area contributed by atoms with E-state index in [2.05, 4.69) is 12.2 Å². The third-order valence-electron chi connectivity index (χ3n) is 4.12. The Labute approximate surface area is 101 Å². The summed E-state index contributed by atoms with van der Waals surface area (Å²) < 4.78 is 0. The summed E-state index contributed by atoms with van der Waals surface area (Å²) in [5, 5.41) is 4.89. The third kappa shape index (κ3) is 2.03. The zero-order valence-corrected chi connectivity index (χ0v) is 10.8. The second-order valence-corrected chi connectivity index (χ2v) is 6.46. The normalized spacial score (nSPS) is 21.1. The van der Waals surface area contributed by atoms with Gasteiger partial charge in [-0.1, -0.05) is 6.92 Å². The summed E-state index contributed by atoms with van der Waals surface area (Å²) in [5.41, 5.74) is 2.04. The van der Waals surface area contributed by atoms with Crippen molar-refractivity contribution < 1.29 is 0 Å². The van der Waals surface area contributed by atoms with Crippen LogP contribution in [0.25, 0.3) is 0 Å². The number of thiazole rings is 1. The van der Waals surface area contributed by atoms with Crippen molar-refractivity contribution in [1.29, 1.82) is 0 Å². The molecule has 0 spiro atoms. The summed E-state index contributed by atoms with van der Waals surface area (Å²) in [6, 6.07) is 0. The summed E-state index contributed by atoms with van der Waals surface area (Å²) in [6.07, 6.45) is 7.97. The van der Waals surface area contributed by atoms with Gasteiger partial charge in [0.05, 0.1) is 5.69 Å². The van der Waals surface area contributed by atoms with Crippen molar-refractivity contribution in [3.05, 3.63) is 15.6 Å². The molecule has 1 aromatic rings. The van der Waals surface area contributed by atoms with Crippen LogP contribution in [0.15, 0.2) is 0 Å². The SMILES string of the molecule is CCC1(CNCc2nc3c(s2)CCC3)CC1. The molecule has 0 radical (unpaired) electrons. The average Bonchev–Trinajstić information content (AvgIpc) is 2.74. The fraction of sp³-hybridized carbons (Fsp3) is 0.769. The molecule has 0 amide bonds. The molecule has 2 aliphatic carbocycles. The summed E-state index contributed by atoms with van der Waals surface area (Å²) in [7, 11) is 0. The Hall–Kier alpha value is -0.410. The first-order valence-corrected chi connectivity index (χ1v) is 7.31. The molecule has 16 heavy (non-hydrogen) atoms. The van der Waals surface area contributed by atoms with E-state index < -0.39 is 0 Å². The highest BCUT2D eigenvalue weighted by atomic mass is 32.1.